The van der Waals surface area contributed by atoms with Crippen molar-refractivity contribution in [2.24, 2.45) is 0 Å². The molecule has 108 valence electrons. The molecule has 3 rings (SSSR count). The van der Waals surface area contributed by atoms with Gasteiger partial charge in [0, 0.05) is 7.14 Å². The SMILES string of the molecule is FC(F)(F)c1ccc(-n2nnc3c(I)cccc32)c(I)c1. The molecule has 3 nitrogen and oxygen atoms in total. The molecule has 0 N–H and O–H groups in total. The van der Waals surface area contributed by atoms with Gasteiger partial charge in [-0.1, -0.05) is 11.3 Å². The summed E-state index contributed by atoms with van der Waals surface area (Å²) in [5.41, 5.74) is 1.40. The third kappa shape index (κ3) is 2.74. The van der Waals surface area contributed by atoms with E-state index in [2.05, 4.69) is 32.9 Å². The van der Waals surface area contributed by atoms with Gasteiger partial charge in [-0.05, 0) is 75.5 Å². The molecule has 3 aromatic rings. The Bertz CT molecular complexity index is 827. The summed E-state index contributed by atoms with van der Waals surface area (Å²) < 4.78 is 41.1. The van der Waals surface area contributed by atoms with Crippen LogP contribution in [0.25, 0.3) is 16.7 Å². The molecule has 0 radical (unpaired) electrons. The zero-order chi connectivity index (χ0) is 15.2. The van der Waals surface area contributed by atoms with E-state index in [1.165, 1.54) is 6.07 Å². The highest BCUT2D eigenvalue weighted by molar-refractivity contribution is 14.1. The van der Waals surface area contributed by atoms with Gasteiger partial charge in [-0.15, -0.1) is 5.10 Å². The molecule has 0 aliphatic heterocycles. The Morgan fingerprint density at radius 3 is 2.43 bits per heavy atom. The number of aromatic nitrogens is 3. The summed E-state index contributed by atoms with van der Waals surface area (Å²) in [6.45, 7) is 0. The number of rotatable bonds is 1. The van der Waals surface area contributed by atoms with Crippen LogP contribution < -0.4 is 0 Å². The molecular weight excluding hydrogens is 509 g/mol. The van der Waals surface area contributed by atoms with E-state index in [0.29, 0.717) is 9.26 Å². The number of halogens is 5. The Labute approximate surface area is 144 Å². The van der Waals surface area contributed by atoms with Crippen molar-refractivity contribution in [1.82, 2.24) is 15.0 Å². The van der Waals surface area contributed by atoms with Crippen molar-refractivity contribution in [3.05, 3.63) is 49.1 Å². The van der Waals surface area contributed by atoms with E-state index in [9.17, 15) is 13.2 Å². The summed E-state index contributed by atoms with van der Waals surface area (Å²) in [5.74, 6) is 0. The molecule has 0 amide bonds. The Hall–Kier alpha value is -0.910. The molecule has 0 aliphatic carbocycles. The number of nitrogens with zero attached hydrogens (tertiary/aromatic N) is 3. The van der Waals surface area contributed by atoms with Crippen LogP contribution in [0.1, 0.15) is 5.56 Å². The average Bonchev–Trinajstić information content (AvgIpc) is 2.83. The lowest BCUT2D eigenvalue weighted by Crippen LogP contribution is -2.07. The highest BCUT2D eigenvalue weighted by atomic mass is 127. The molecule has 0 spiro atoms. The van der Waals surface area contributed by atoms with Crippen molar-refractivity contribution in [1.29, 1.82) is 0 Å². The van der Waals surface area contributed by atoms with Gasteiger partial charge in [0.25, 0.3) is 0 Å². The number of hydrogen-bond donors (Lipinski definition) is 0. The van der Waals surface area contributed by atoms with E-state index in [4.69, 9.17) is 0 Å². The van der Waals surface area contributed by atoms with E-state index in [1.807, 2.05) is 40.8 Å². The second-order valence-electron chi connectivity index (χ2n) is 4.27. The van der Waals surface area contributed by atoms with Gasteiger partial charge in [0.2, 0.25) is 0 Å². The van der Waals surface area contributed by atoms with Crippen LogP contribution in [0.4, 0.5) is 13.2 Å². The zero-order valence-corrected chi connectivity index (χ0v) is 14.5. The fourth-order valence-electron chi connectivity index (χ4n) is 1.94. The van der Waals surface area contributed by atoms with E-state index in [1.54, 1.807) is 4.68 Å². The summed E-state index contributed by atoms with van der Waals surface area (Å²) in [6, 6.07) is 9.18. The van der Waals surface area contributed by atoms with Crippen molar-refractivity contribution >= 4 is 56.2 Å². The van der Waals surface area contributed by atoms with Crippen LogP contribution >= 0.6 is 45.2 Å². The average molecular weight is 515 g/mol. The maximum Gasteiger partial charge on any atom is 0.416 e. The smallest absolute Gasteiger partial charge is 0.212 e. The van der Waals surface area contributed by atoms with Crippen molar-refractivity contribution < 1.29 is 13.2 Å². The molecule has 0 saturated carbocycles. The molecule has 8 heteroatoms. The Balaban J connectivity index is 2.18. The Kier molecular flexibility index (Phi) is 3.84. The number of fused-ring (bicyclic) bond motifs is 1. The van der Waals surface area contributed by atoms with Crippen molar-refractivity contribution in [2.75, 3.05) is 0 Å². The lowest BCUT2D eigenvalue weighted by Gasteiger charge is -2.10. The topological polar surface area (TPSA) is 30.7 Å². The van der Waals surface area contributed by atoms with Gasteiger partial charge < -0.3 is 0 Å². The molecule has 2 aromatic carbocycles. The molecule has 21 heavy (non-hydrogen) atoms. The van der Waals surface area contributed by atoms with Crippen LogP contribution in [-0.2, 0) is 6.18 Å². The summed E-state index contributed by atoms with van der Waals surface area (Å²) in [6.07, 6.45) is -4.35. The van der Waals surface area contributed by atoms with Crippen LogP contribution in [0.15, 0.2) is 36.4 Å². The van der Waals surface area contributed by atoms with Gasteiger partial charge in [-0.3, -0.25) is 0 Å². The first-order valence-electron chi connectivity index (χ1n) is 5.75. The molecule has 0 unspecified atom stereocenters. The number of alkyl halides is 3. The predicted octanol–water partition coefficient (Wildman–Crippen LogP) is 4.65. The molecule has 1 aromatic heterocycles. The van der Waals surface area contributed by atoms with Gasteiger partial charge in [0.05, 0.1) is 16.8 Å². The maximum atomic E-state index is 12.7. The largest absolute Gasteiger partial charge is 0.416 e. The van der Waals surface area contributed by atoms with E-state index in [0.717, 1.165) is 26.7 Å². The summed E-state index contributed by atoms with van der Waals surface area (Å²) >= 11 is 4.03. The minimum Gasteiger partial charge on any atom is -0.212 e. The maximum absolute atomic E-state index is 12.7. The third-order valence-corrected chi connectivity index (χ3v) is 4.67. The van der Waals surface area contributed by atoms with Crippen LogP contribution in [0.3, 0.4) is 0 Å². The van der Waals surface area contributed by atoms with Crippen molar-refractivity contribution in [2.45, 2.75) is 6.18 Å². The number of hydrogen-bond acceptors (Lipinski definition) is 2. The van der Waals surface area contributed by atoms with Gasteiger partial charge in [-0.25, -0.2) is 4.68 Å². The summed E-state index contributed by atoms with van der Waals surface area (Å²) in [4.78, 5) is 0. The second-order valence-corrected chi connectivity index (χ2v) is 6.60. The standard InChI is InChI=1S/C13H6F3I2N3/c14-13(15,16)7-4-5-10(9(18)6-7)21-11-3-1-2-8(17)12(11)19-20-21/h1-6H. The van der Waals surface area contributed by atoms with E-state index >= 15 is 0 Å². The minimum absolute atomic E-state index is 0.466. The van der Waals surface area contributed by atoms with Crippen molar-refractivity contribution in [3.63, 3.8) is 0 Å². The van der Waals surface area contributed by atoms with Gasteiger partial charge >= 0.3 is 6.18 Å². The zero-order valence-electron chi connectivity index (χ0n) is 10.2. The molecule has 1 heterocycles. The molecule has 0 fully saturated rings. The second kappa shape index (κ2) is 5.38. The van der Waals surface area contributed by atoms with Gasteiger partial charge in [0.1, 0.15) is 5.52 Å². The molecule has 0 aliphatic rings. The normalized spacial score (nSPS) is 12.0. The molecule has 0 bridgehead atoms. The summed E-state index contributed by atoms with van der Waals surface area (Å²) in [5, 5.41) is 8.14. The predicted molar refractivity (Wildman–Crippen MR) is 89.3 cm³/mol. The lowest BCUT2D eigenvalue weighted by molar-refractivity contribution is -0.137. The van der Waals surface area contributed by atoms with Crippen LogP contribution in [0.2, 0.25) is 0 Å². The van der Waals surface area contributed by atoms with Crippen LogP contribution in [0.5, 0.6) is 0 Å². The Morgan fingerprint density at radius 2 is 1.76 bits per heavy atom. The Morgan fingerprint density at radius 1 is 1.00 bits per heavy atom. The third-order valence-electron chi connectivity index (χ3n) is 2.93. The first-order chi connectivity index (χ1) is 9.88. The van der Waals surface area contributed by atoms with E-state index < -0.39 is 11.7 Å². The highest BCUT2D eigenvalue weighted by Gasteiger charge is 2.31. The van der Waals surface area contributed by atoms with Crippen LogP contribution in [-0.4, -0.2) is 15.0 Å². The van der Waals surface area contributed by atoms with E-state index in [-0.39, 0.29) is 0 Å². The fraction of sp³-hybridized carbons (Fsp3) is 0.0769. The molecule has 0 saturated heterocycles. The molecular formula is C13H6F3I2N3. The monoisotopic (exact) mass is 515 g/mol. The van der Waals surface area contributed by atoms with Crippen LogP contribution in [0, 0.1) is 7.14 Å². The molecule has 0 atom stereocenters. The number of benzene rings is 2. The first-order valence-corrected chi connectivity index (χ1v) is 7.91. The lowest BCUT2D eigenvalue weighted by atomic mass is 10.2. The van der Waals surface area contributed by atoms with Gasteiger partial charge in [-0.2, -0.15) is 13.2 Å². The highest BCUT2D eigenvalue weighted by Crippen LogP contribution is 2.32. The first kappa shape index (κ1) is 15.0. The van der Waals surface area contributed by atoms with Crippen molar-refractivity contribution in [3.8, 4) is 5.69 Å². The minimum atomic E-state index is -4.35. The van der Waals surface area contributed by atoms with Gasteiger partial charge in [0.15, 0.2) is 0 Å². The summed E-state index contributed by atoms with van der Waals surface area (Å²) in [7, 11) is 0. The fourth-order valence-corrected chi connectivity index (χ4v) is 3.28. The quantitative estimate of drug-likeness (QED) is 0.443.